The predicted octanol–water partition coefficient (Wildman–Crippen LogP) is 0.546. The third kappa shape index (κ3) is 3.25. The lowest BCUT2D eigenvalue weighted by Crippen LogP contribution is -2.34. The number of esters is 1. The Hall–Kier alpha value is -0.130. The Balaban J connectivity index is 2.38. The molecular weight excluding hydrogens is 240 g/mol. The first-order chi connectivity index (χ1) is 6.11. The zero-order valence-corrected chi connectivity index (χ0v) is 8.74. The van der Waals surface area contributed by atoms with Crippen LogP contribution in [-0.2, 0) is 9.53 Å². The standard InChI is InChI=1S/C8H13BrO4/c9-5-3-1-2-4-6(5)13-8(12)7(10)11/h5-7,10-11H,1-4H2/t5-,6-/m0/s1. The number of carbonyl (C=O) groups excluding carboxylic acids is 1. The predicted molar refractivity (Wildman–Crippen MR) is 49.3 cm³/mol. The Morgan fingerprint density at radius 3 is 2.54 bits per heavy atom. The van der Waals surface area contributed by atoms with Gasteiger partial charge in [0.25, 0.3) is 6.29 Å². The highest BCUT2D eigenvalue weighted by atomic mass is 79.9. The molecule has 0 bridgehead atoms. The van der Waals surface area contributed by atoms with Crippen molar-refractivity contribution in [3.05, 3.63) is 0 Å². The molecule has 13 heavy (non-hydrogen) atoms. The third-order valence-corrected chi connectivity index (χ3v) is 3.15. The van der Waals surface area contributed by atoms with Crippen molar-refractivity contribution < 1.29 is 19.7 Å². The van der Waals surface area contributed by atoms with Crippen LogP contribution in [0.4, 0.5) is 0 Å². The van der Waals surface area contributed by atoms with E-state index >= 15 is 0 Å². The average molecular weight is 253 g/mol. The molecule has 0 amide bonds. The fourth-order valence-electron chi connectivity index (χ4n) is 1.39. The van der Waals surface area contributed by atoms with E-state index in [9.17, 15) is 4.79 Å². The van der Waals surface area contributed by atoms with Gasteiger partial charge in [0, 0.05) is 0 Å². The Bertz CT molecular complexity index is 183. The van der Waals surface area contributed by atoms with Gasteiger partial charge in [0.2, 0.25) is 0 Å². The molecule has 0 aromatic heterocycles. The van der Waals surface area contributed by atoms with Gasteiger partial charge in [-0.05, 0) is 19.3 Å². The summed E-state index contributed by atoms with van der Waals surface area (Å²) in [6.45, 7) is 0. The lowest BCUT2D eigenvalue weighted by molar-refractivity contribution is -0.179. The van der Waals surface area contributed by atoms with Crippen molar-refractivity contribution in [2.45, 2.75) is 42.9 Å². The molecule has 5 heteroatoms. The minimum Gasteiger partial charge on any atom is -0.457 e. The maximum Gasteiger partial charge on any atom is 0.363 e. The smallest absolute Gasteiger partial charge is 0.363 e. The lowest BCUT2D eigenvalue weighted by Gasteiger charge is -2.27. The fourth-order valence-corrected chi connectivity index (χ4v) is 2.09. The Labute approximate surface area is 85.0 Å². The molecule has 0 aliphatic heterocycles. The molecule has 0 aromatic carbocycles. The number of rotatable bonds is 2. The van der Waals surface area contributed by atoms with E-state index in [4.69, 9.17) is 14.9 Å². The molecule has 1 aliphatic carbocycles. The Kier molecular flexibility index (Phi) is 4.15. The van der Waals surface area contributed by atoms with E-state index in [1.165, 1.54) is 0 Å². The van der Waals surface area contributed by atoms with Gasteiger partial charge < -0.3 is 14.9 Å². The van der Waals surface area contributed by atoms with Gasteiger partial charge in [0.1, 0.15) is 6.10 Å². The van der Waals surface area contributed by atoms with Crippen LogP contribution in [0.15, 0.2) is 0 Å². The maximum absolute atomic E-state index is 10.8. The number of carbonyl (C=O) groups is 1. The zero-order valence-electron chi connectivity index (χ0n) is 7.15. The summed E-state index contributed by atoms with van der Waals surface area (Å²) in [7, 11) is 0. The zero-order chi connectivity index (χ0) is 9.84. The molecule has 0 unspecified atom stereocenters. The monoisotopic (exact) mass is 252 g/mol. The normalized spacial score (nSPS) is 28.9. The topological polar surface area (TPSA) is 66.8 Å². The minimum absolute atomic E-state index is 0.143. The second-order valence-electron chi connectivity index (χ2n) is 3.15. The van der Waals surface area contributed by atoms with Crippen LogP contribution in [0.25, 0.3) is 0 Å². The highest BCUT2D eigenvalue weighted by molar-refractivity contribution is 9.09. The van der Waals surface area contributed by atoms with Gasteiger partial charge in [-0.15, -0.1) is 0 Å². The van der Waals surface area contributed by atoms with Crippen LogP contribution in [0.5, 0.6) is 0 Å². The molecule has 0 heterocycles. The van der Waals surface area contributed by atoms with Crippen LogP contribution >= 0.6 is 15.9 Å². The molecule has 2 N–H and O–H groups in total. The van der Waals surface area contributed by atoms with Gasteiger partial charge >= 0.3 is 5.97 Å². The number of ether oxygens (including phenoxy) is 1. The second kappa shape index (κ2) is 4.93. The summed E-state index contributed by atoms with van der Waals surface area (Å²) < 4.78 is 4.88. The molecule has 1 saturated carbocycles. The van der Waals surface area contributed by atoms with Gasteiger partial charge in [0.05, 0.1) is 4.83 Å². The molecule has 0 aromatic rings. The summed E-state index contributed by atoms with van der Waals surface area (Å²) in [6.07, 6.45) is 1.64. The van der Waals surface area contributed by atoms with E-state index in [1.807, 2.05) is 0 Å². The lowest BCUT2D eigenvalue weighted by atomic mass is 9.98. The first-order valence-electron chi connectivity index (χ1n) is 4.32. The van der Waals surface area contributed by atoms with E-state index in [0.717, 1.165) is 25.7 Å². The van der Waals surface area contributed by atoms with Crippen LogP contribution in [0.1, 0.15) is 25.7 Å². The molecule has 2 atom stereocenters. The van der Waals surface area contributed by atoms with Gasteiger partial charge in [-0.2, -0.15) is 0 Å². The summed E-state index contributed by atoms with van der Waals surface area (Å²) in [6, 6.07) is 0. The maximum atomic E-state index is 10.8. The Morgan fingerprint density at radius 1 is 1.38 bits per heavy atom. The second-order valence-corrected chi connectivity index (χ2v) is 4.33. The highest BCUT2D eigenvalue weighted by Gasteiger charge is 2.27. The van der Waals surface area contributed by atoms with Crippen LogP contribution in [-0.4, -0.2) is 33.4 Å². The van der Waals surface area contributed by atoms with E-state index in [1.54, 1.807) is 0 Å². The largest absolute Gasteiger partial charge is 0.457 e. The molecule has 0 saturated heterocycles. The van der Waals surface area contributed by atoms with E-state index in [-0.39, 0.29) is 10.9 Å². The van der Waals surface area contributed by atoms with Crippen molar-refractivity contribution in [2.24, 2.45) is 0 Å². The van der Waals surface area contributed by atoms with Gasteiger partial charge in [-0.25, -0.2) is 4.79 Å². The summed E-state index contributed by atoms with van der Waals surface area (Å²) in [4.78, 5) is 11.0. The van der Waals surface area contributed by atoms with Crippen molar-refractivity contribution in [2.75, 3.05) is 0 Å². The number of alkyl halides is 1. The van der Waals surface area contributed by atoms with E-state index < -0.39 is 12.3 Å². The van der Waals surface area contributed by atoms with Crippen LogP contribution in [0.3, 0.4) is 0 Å². The van der Waals surface area contributed by atoms with Crippen molar-refractivity contribution in [3.8, 4) is 0 Å². The molecule has 0 spiro atoms. The van der Waals surface area contributed by atoms with E-state index in [0.29, 0.717) is 0 Å². The van der Waals surface area contributed by atoms with Gasteiger partial charge in [-0.3, -0.25) is 0 Å². The van der Waals surface area contributed by atoms with Crippen molar-refractivity contribution in [1.82, 2.24) is 0 Å². The van der Waals surface area contributed by atoms with Crippen LogP contribution < -0.4 is 0 Å². The van der Waals surface area contributed by atoms with E-state index in [2.05, 4.69) is 15.9 Å². The Morgan fingerprint density at radius 2 is 2.00 bits per heavy atom. The summed E-state index contributed by atoms with van der Waals surface area (Å²) >= 11 is 3.39. The minimum atomic E-state index is -2.01. The average Bonchev–Trinajstić information content (AvgIpc) is 2.08. The number of halogens is 1. The van der Waals surface area contributed by atoms with Crippen molar-refractivity contribution >= 4 is 21.9 Å². The van der Waals surface area contributed by atoms with Crippen LogP contribution in [0.2, 0.25) is 0 Å². The quantitative estimate of drug-likeness (QED) is 0.428. The van der Waals surface area contributed by atoms with Crippen LogP contribution in [0, 0.1) is 0 Å². The van der Waals surface area contributed by atoms with Gasteiger partial charge in [0.15, 0.2) is 0 Å². The van der Waals surface area contributed by atoms with Gasteiger partial charge in [-0.1, -0.05) is 22.4 Å². The number of aliphatic hydroxyl groups is 2. The molecule has 76 valence electrons. The third-order valence-electron chi connectivity index (χ3n) is 2.10. The molecule has 1 fully saturated rings. The number of hydrogen-bond donors (Lipinski definition) is 2. The molecule has 0 radical (unpaired) electrons. The first kappa shape index (κ1) is 10.9. The number of aliphatic hydroxyl groups excluding tert-OH is 1. The molecule has 4 nitrogen and oxygen atoms in total. The summed E-state index contributed by atoms with van der Waals surface area (Å²) in [5.41, 5.74) is 0. The molecule has 1 rings (SSSR count). The summed E-state index contributed by atoms with van der Waals surface area (Å²) in [5, 5.41) is 17.0. The number of hydrogen-bond acceptors (Lipinski definition) is 4. The molecule has 1 aliphatic rings. The van der Waals surface area contributed by atoms with Crippen molar-refractivity contribution in [3.63, 3.8) is 0 Å². The molecular formula is C8H13BrO4. The SMILES string of the molecule is O=C(O[C@H]1CCCC[C@@H]1Br)C(O)O. The summed E-state index contributed by atoms with van der Waals surface area (Å²) in [5.74, 6) is -0.962. The first-order valence-corrected chi connectivity index (χ1v) is 5.23. The fraction of sp³-hybridized carbons (Fsp3) is 0.875. The highest BCUT2D eigenvalue weighted by Crippen LogP contribution is 2.26. The van der Waals surface area contributed by atoms with Crippen molar-refractivity contribution in [1.29, 1.82) is 0 Å².